The molecule has 1 amide bonds. The fraction of sp³-hybridized carbons (Fsp3) is 0.667. The van der Waals surface area contributed by atoms with Crippen LogP contribution in [-0.4, -0.2) is 23.1 Å². The van der Waals surface area contributed by atoms with Crippen molar-refractivity contribution >= 4 is 5.91 Å². The largest absolute Gasteiger partial charge is 0.352 e. The Balaban J connectivity index is 1.82. The molecule has 0 unspecified atom stereocenters. The van der Waals surface area contributed by atoms with Gasteiger partial charge in [0.05, 0.1) is 0 Å². The van der Waals surface area contributed by atoms with Gasteiger partial charge in [0.15, 0.2) is 0 Å². The first-order valence-electron chi connectivity index (χ1n) is 7.43. The van der Waals surface area contributed by atoms with E-state index in [0.29, 0.717) is 12.6 Å². The van der Waals surface area contributed by atoms with Crippen molar-refractivity contribution in [3.05, 3.63) is 24.0 Å². The molecule has 0 atom stereocenters. The predicted molar refractivity (Wildman–Crippen MR) is 76.8 cm³/mol. The number of carbonyl (C=O) groups is 1. The van der Waals surface area contributed by atoms with E-state index in [0.717, 1.165) is 25.9 Å². The number of carbonyl (C=O) groups excluding carboxylic acids is 1. The maximum absolute atomic E-state index is 12.1. The molecule has 1 aromatic heterocycles. The Morgan fingerprint density at radius 3 is 2.89 bits per heavy atom. The van der Waals surface area contributed by atoms with Crippen LogP contribution in [0, 0.1) is 0 Å². The highest BCUT2D eigenvalue weighted by Gasteiger charge is 2.16. The van der Waals surface area contributed by atoms with Crippen molar-refractivity contribution < 1.29 is 4.79 Å². The Labute approximate surface area is 115 Å². The summed E-state index contributed by atoms with van der Waals surface area (Å²) in [7, 11) is 0. The summed E-state index contributed by atoms with van der Waals surface area (Å²) >= 11 is 0. The van der Waals surface area contributed by atoms with Crippen LogP contribution in [0.4, 0.5) is 0 Å². The number of aromatic nitrogens is 1. The Morgan fingerprint density at radius 2 is 2.16 bits per heavy atom. The van der Waals surface area contributed by atoms with Crippen molar-refractivity contribution in [1.29, 1.82) is 0 Å². The maximum Gasteiger partial charge on any atom is 0.240 e. The third-order valence-electron chi connectivity index (χ3n) is 3.76. The minimum absolute atomic E-state index is 0.140. The molecule has 1 fully saturated rings. The van der Waals surface area contributed by atoms with Gasteiger partial charge in [-0.25, -0.2) is 0 Å². The van der Waals surface area contributed by atoms with Crippen molar-refractivity contribution in [2.24, 2.45) is 0 Å². The Kier molecular flexibility index (Phi) is 5.45. The van der Waals surface area contributed by atoms with Gasteiger partial charge in [-0.3, -0.25) is 4.79 Å². The van der Waals surface area contributed by atoms with E-state index in [-0.39, 0.29) is 5.91 Å². The van der Waals surface area contributed by atoms with Crippen LogP contribution in [0.3, 0.4) is 0 Å². The highest BCUT2D eigenvalue weighted by Crippen LogP contribution is 2.17. The average molecular weight is 263 g/mol. The molecule has 1 heterocycles. The third-order valence-corrected chi connectivity index (χ3v) is 3.76. The number of rotatable bonds is 6. The summed E-state index contributed by atoms with van der Waals surface area (Å²) in [5.74, 6) is 0.140. The lowest BCUT2D eigenvalue weighted by Gasteiger charge is -2.23. The molecule has 0 bridgehead atoms. The van der Waals surface area contributed by atoms with Gasteiger partial charge in [0.2, 0.25) is 5.91 Å². The Hall–Kier alpha value is -1.29. The minimum Gasteiger partial charge on any atom is -0.352 e. The predicted octanol–water partition coefficient (Wildman–Crippen LogP) is 2.05. The quantitative estimate of drug-likeness (QED) is 0.825. The number of nitrogens with zero attached hydrogens (tertiary/aromatic N) is 1. The third kappa shape index (κ3) is 4.39. The van der Waals surface area contributed by atoms with Crippen LogP contribution in [-0.2, 0) is 17.9 Å². The normalized spacial score (nSPS) is 16.5. The van der Waals surface area contributed by atoms with Gasteiger partial charge in [-0.05, 0) is 31.5 Å². The molecule has 1 aromatic rings. The second-order valence-electron chi connectivity index (χ2n) is 5.31. The molecule has 19 heavy (non-hydrogen) atoms. The summed E-state index contributed by atoms with van der Waals surface area (Å²) in [6.45, 7) is 4.28. The number of amides is 1. The molecular weight excluding hydrogens is 238 g/mol. The zero-order valence-corrected chi connectivity index (χ0v) is 11.8. The molecule has 106 valence electrons. The zero-order chi connectivity index (χ0) is 13.5. The number of nitrogens with one attached hydrogen (secondary N) is 2. The topological polar surface area (TPSA) is 46.1 Å². The molecule has 1 aliphatic rings. The molecule has 0 radical (unpaired) electrons. The summed E-state index contributed by atoms with van der Waals surface area (Å²) in [6.07, 6.45) is 8.08. The molecular formula is C15H25N3O. The van der Waals surface area contributed by atoms with Gasteiger partial charge in [0.25, 0.3) is 0 Å². The van der Waals surface area contributed by atoms with Gasteiger partial charge in [0.1, 0.15) is 6.54 Å². The van der Waals surface area contributed by atoms with Gasteiger partial charge < -0.3 is 15.2 Å². The highest BCUT2D eigenvalue weighted by molar-refractivity contribution is 5.76. The van der Waals surface area contributed by atoms with Crippen LogP contribution in [0.1, 0.15) is 44.7 Å². The summed E-state index contributed by atoms with van der Waals surface area (Å²) in [5.41, 5.74) is 1.17. The standard InChI is InChI=1S/C15H25N3O/c1-2-16-11-14-9-6-10-18(14)12-15(19)17-13-7-4-3-5-8-13/h6,9-10,13,16H,2-5,7-8,11-12H2,1H3,(H,17,19). The van der Waals surface area contributed by atoms with Gasteiger partial charge in [-0.15, -0.1) is 0 Å². The van der Waals surface area contributed by atoms with Crippen molar-refractivity contribution in [2.75, 3.05) is 6.54 Å². The Bertz CT molecular complexity index is 394. The first kappa shape index (κ1) is 14.1. The molecule has 1 aliphatic carbocycles. The summed E-state index contributed by atoms with van der Waals surface area (Å²) in [6, 6.07) is 4.46. The SMILES string of the molecule is CCNCc1cccn1CC(=O)NC1CCCCC1. The molecule has 0 spiro atoms. The van der Waals surface area contributed by atoms with E-state index in [1.54, 1.807) is 0 Å². The molecule has 0 aromatic carbocycles. The summed E-state index contributed by atoms with van der Waals surface area (Å²) in [5, 5.41) is 6.45. The minimum atomic E-state index is 0.140. The summed E-state index contributed by atoms with van der Waals surface area (Å²) in [4.78, 5) is 12.1. The lowest BCUT2D eigenvalue weighted by atomic mass is 9.95. The van der Waals surface area contributed by atoms with E-state index in [1.165, 1.54) is 25.0 Å². The first-order valence-corrected chi connectivity index (χ1v) is 7.43. The monoisotopic (exact) mass is 263 g/mol. The number of hydrogen-bond acceptors (Lipinski definition) is 2. The number of hydrogen-bond donors (Lipinski definition) is 2. The molecule has 0 saturated heterocycles. The van der Waals surface area contributed by atoms with E-state index in [4.69, 9.17) is 0 Å². The fourth-order valence-electron chi connectivity index (χ4n) is 2.69. The average Bonchev–Trinajstić information content (AvgIpc) is 2.84. The van der Waals surface area contributed by atoms with Crippen molar-refractivity contribution in [3.8, 4) is 0 Å². The van der Waals surface area contributed by atoms with E-state index >= 15 is 0 Å². The highest BCUT2D eigenvalue weighted by atomic mass is 16.2. The van der Waals surface area contributed by atoms with Gasteiger partial charge in [0, 0.05) is 24.5 Å². The lowest BCUT2D eigenvalue weighted by molar-refractivity contribution is -0.122. The lowest BCUT2D eigenvalue weighted by Crippen LogP contribution is -2.38. The molecule has 0 aliphatic heterocycles. The van der Waals surface area contributed by atoms with E-state index in [1.807, 2.05) is 16.8 Å². The van der Waals surface area contributed by atoms with E-state index in [2.05, 4.69) is 23.6 Å². The van der Waals surface area contributed by atoms with Crippen LogP contribution in [0.2, 0.25) is 0 Å². The zero-order valence-electron chi connectivity index (χ0n) is 11.8. The maximum atomic E-state index is 12.1. The van der Waals surface area contributed by atoms with Gasteiger partial charge in [-0.1, -0.05) is 26.2 Å². The van der Waals surface area contributed by atoms with Crippen LogP contribution in [0.25, 0.3) is 0 Å². The van der Waals surface area contributed by atoms with Crippen molar-refractivity contribution in [1.82, 2.24) is 15.2 Å². The van der Waals surface area contributed by atoms with Crippen molar-refractivity contribution in [3.63, 3.8) is 0 Å². The second kappa shape index (κ2) is 7.34. The molecule has 4 heteroatoms. The van der Waals surface area contributed by atoms with Gasteiger partial charge in [-0.2, -0.15) is 0 Å². The van der Waals surface area contributed by atoms with Crippen LogP contribution < -0.4 is 10.6 Å². The molecule has 2 rings (SSSR count). The first-order chi connectivity index (χ1) is 9.29. The van der Waals surface area contributed by atoms with E-state index < -0.39 is 0 Å². The fourth-order valence-corrected chi connectivity index (χ4v) is 2.69. The van der Waals surface area contributed by atoms with Crippen LogP contribution in [0.5, 0.6) is 0 Å². The van der Waals surface area contributed by atoms with Crippen LogP contribution >= 0.6 is 0 Å². The molecule has 4 nitrogen and oxygen atoms in total. The molecule has 1 saturated carbocycles. The second-order valence-corrected chi connectivity index (χ2v) is 5.31. The molecule has 2 N–H and O–H groups in total. The Morgan fingerprint density at radius 1 is 1.37 bits per heavy atom. The van der Waals surface area contributed by atoms with Crippen LogP contribution in [0.15, 0.2) is 18.3 Å². The summed E-state index contributed by atoms with van der Waals surface area (Å²) < 4.78 is 2.03. The van der Waals surface area contributed by atoms with Gasteiger partial charge >= 0.3 is 0 Å². The smallest absolute Gasteiger partial charge is 0.240 e. The van der Waals surface area contributed by atoms with Crippen molar-refractivity contribution in [2.45, 2.75) is 58.2 Å². The van der Waals surface area contributed by atoms with E-state index in [9.17, 15) is 4.79 Å².